The second-order valence-electron chi connectivity index (χ2n) is 3.54. The second-order valence-corrected chi connectivity index (χ2v) is 4.10. The van der Waals surface area contributed by atoms with Gasteiger partial charge in [-0.2, -0.15) is 0 Å². The summed E-state index contributed by atoms with van der Waals surface area (Å²) in [6.07, 6.45) is 1.53. The first kappa shape index (κ1) is 11.9. The predicted octanol–water partition coefficient (Wildman–Crippen LogP) is 2.42. The van der Waals surface area contributed by atoms with Crippen LogP contribution >= 0.6 is 15.9 Å². The first-order valence-corrected chi connectivity index (χ1v) is 6.08. The molecule has 88 valence electrons. The molecule has 1 aromatic carbocycles. The van der Waals surface area contributed by atoms with Crippen LogP contribution in [0.4, 0.5) is 0 Å². The summed E-state index contributed by atoms with van der Waals surface area (Å²) in [5, 5.41) is 1.47. The smallest absolute Gasteiger partial charge is 0.379 e. The van der Waals surface area contributed by atoms with Crippen molar-refractivity contribution in [3.05, 3.63) is 35.5 Å². The lowest BCUT2D eigenvalue weighted by Crippen LogP contribution is -2.15. The molecule has 0 unspecified atom stereocenters. The van der Waals surface area contributed by atoms with E-state index in [1.165, 1.54) is 13.3 Å². The van der Waals surface area contributed by atoms with E-state index in [2.05, 4.69) is 25.7 Å². The van der Waals surface area contributed by atoms with E-state index < -0.39 is 11.8 Å². The van der Waals surface area contributed by atoms with Crippen molar-refractivity contribution in [2.24, 2.45) is 0 Å². The molecule has 1 N–H and O–H groups in total. The standard InChI is InChI=1S/C12H10BrNO3/c1-17-12(16)11(15)9-6-14-10-4-7(5-13)2-3-8(9)10/h2-4,6,14H,5H2,1H3. The Bertz CT molecular complexity index is 588. The van der Waals surface area contributed by atoms with Gasteiger partial charge in [-0.1, -0.05) is 28.1 Å². The lowest BCUT2D eigenvalue weighted by molar-refractivity contribution is -0.135. The molecule has 2 rings (SSSR count). The molecule has 4 nitrogen and oxygen atoms in total. The average Bonchev–Trinajstić information content (AvgIpc) is 2.79. The lowest BCUT2D eigenvalue weighted by Gasteiger charge is -1.98. The van der Waals surface area contributed by atoms with Crippen LogP contribution in [0.1, 0.15) is 15.9 Å². The SMILES string of the molecule is COC(=O)C(=O)c1c[nH]c2cc(CBr)ccc12. The Morgan fingerprint density at radius 1 is 1.41 bits per heavy atom. The third-order valence-corrected chi connectivity index (χ3v) is 3.16. The van der Waals surface area contributed by atoms with Gasteiger partial charge in [-0.15, -0.1) is 0 Å². The summed E-state index contributed by atoms with van der Waals surface area (Å²) in [7, 11) is 1.19. The van der Waals surface area contributed by atoms with Crippen LogP contribution in [0.3, 0.4) is 0 Å². The van der Waals surface area contributed by atoms with Gasteiger partial charge in [-0.3, -0.25) is 4.79 Å². The van der Waals surface area contributed by atoms with Crippen molar-refractivity contribution in [2.75, 3.05) is 7.11 Å². The molecule has 2 aromatic rings. The van der Waals surface area contributed by atoms with Gasteiger partial charge < -0.3 is 9.72 Å². The summed E-state index contributed by atoms with van der Waals surface area (Å²) >= 11 is 3.36. The zero-order valence-corrected chi connectivity index (χ0v) is 10.7. The van der Waals surface area contributed by atoms with E-state index in [4.69, 9.17) is 0 Å². The molecule has 0 bridgehead atoms. The number of aromatic nitrogens is 1. The van der Waals surface area contributed by atoms with Gasteiger partial charge in [0.1, 0.15) is 0 Å². The van der Waals surface area contributed by atoms with E-state index in [-0.39, 0.29) is 0 Å². The number of carbonyl (C=O) groups excluding carboxylic acids is 2. The molecule has 0 amide bonds. The number of esters is 1. The Kier molecular flexibility index (Phi) is 3.28. The highest BCUT2D eigenvalue weighted by molar-refractivity contribution is 9.08. The number of aromatic amines is 1. The number of halogens is 1. The molecule has 0 fully saturated rings. The van der Waals surface area contributed by atoms with Crippen LogP contribution in [0.25, 0.3) is 10.9 Å². The molecule has 0 aliphatic carbocycles. The van der Waals surface area contributed by atoms with Crippen molar-refractivity contribution in [2.45, 2.75) is 5.33 Å². The Balaban J connectivity index is 2.50. The zero-order chi connectivity index (χ0) is 12.4. The number of H-pyrrole nitrogens is 1. The maximum Gasteiger partial charge on any atom is 0.379 e. The van der Waals surface area contributed by atoms with Crippen LogP contribution in [0, 0.1) is 0 Å². The zero-order valence-electron chi connectivity index (χ0n) is 9.12. The van der Waals surface area contributed by atoms with E-state index in [0.29, 0.717) is 5.56 Å². The molecule has 5 heteroatoms. The van der Waals surface area contributed by atoms with Crippen molar-refractivity contribution >= 4 is 38.6 Å². The fourth-order valence-corrected chi connectivity index (χ4v) is 2.00. The van der Waals surface area contributed by atoms with E-state index in [1.54, 1.807) is 0 Å². The molecular formula is C12H10BrNO3. The van der Waals surface area contributed by atoms with Gasteiger partial charge in [0.15, 0.2) is 0 Å². The summed E-state index contributed by atoms with van der Waals surface area (Å²) in [6, 6.07) is 5.65. The predicted molar refractivity (Wildman–Crippen MR) is 67.3 cm³/mol. The number of methoxy groups -OCH3 is 1. The van der Waals surface area contributed by atoms with Crippen LogP contribution in [0.5, 0.6) is 0 Å². The number of benzene rings is 1. The number of hydrogen-bond acceptors (Lipinski definition) is 3. The number of rotatable bonds is 3. The lowest BCUT2D eigenvalue weighted by atomic mass is 10.1. The minimum atomic E-state index is -0.851. The Labute approximate surface area is 106 Å². The van der Waals surface area contributed by atoms with Gasteiger partial charge in [-0.05, 0) is 11.6 Å². The van der Waals surface area contributed by atoms with Gasteiger partial charge in [0.2, 0.25) is 0 Å². The third kappa shape index (κ3) is 2.10. The molecule has 0 atom stereocenters. The Hall–Kier alpha value is -1.62. The van der Waals surface area contributed by atoms with E-state index in [1.807, 2.05) is 18.2 Å². The highest BCUT2D eigenvalue weighted by Gasteiger charge is 2.20. The minimum Gasteiger partial charge on any atom is -0.463 e. The van der Waals surface area contributed by atoms with Gasteiger partial charge in [0.05, 0.1) is 12.7 Å². The second kappa shape index (κ2) is 4.71. The van der Waals surface area contributed by atoms with Crippen LogP contribution in [-0.2, 0) is 14.9 Å². The molecule has 0 aliphatic rings. The quantitative estimate of drug-likeness (QED) is 0.409. The maximum absolute atomic E-state index is 11.7. The first-order valence-electron chi connectivity index (χ1n) is 4.96. The Morgan fingerprint density at radius 3 is 2.82 bits per heavy atom. The molecule has 0 aliphatic heterocycles. The normalized spacial score (nSPS) is 10.5. The van der Waals surface area contributed by atoms with Gasteiger partial charge >= 0.3 is 5.97 Å². The van der Waals surface area contributed by atoms with Crippen LogP contribution < -0.4 is 0 Å². The third-order valence-electron chi connectivity index (χ3n) is 2.52. The minimum absolute atomic E-state index is 0.341. The summed E-state index contributed by atoms with van der Waals surface area (Å²) in [6.45, 7) is 0. The topological polar surface area (TPSA) is 59.2 Å². The first-order chi connectivity index (χ1) is 8.17. The number of Topliss-reactive ketones (excluding diaryl/α,β-unsaturated/α-hetero) is 1. The van der Waals surface area contributed by atoms with Crippen molar-refractivity contribution in [1.29, 1.82) is 0 Å². The number of ketones is 1. The molecule has 0 spiro atoms. The molecule has 1 heterocycles. The van der Waals surface area contributed by atoms with Crippen molar-refractivity contribution in [3.8, 4) is 0 Å². The molecular weight excluding hydrogens is 286 g/mol. The van der Waals surface area contributed by atoms with Crippen LogP contribution in [-0.4, -0.2) is 23.8 Å². The number of alkyl halides is 1. The van der Waals surface area contributed by atoms with E-state index in [0.717, 1.165) is 21.8 Å². The summed E-state index contributed by atoms with van der Waals surface area (Å²) in [5.74, 6) is -1.49. The van der Waals surface area contributed by atoms with Crippen LogP contribution in [0.15, 0.2) is 24.4 Å². The summed E-state index contributed by atoms with van der Waals surface area (Å²) in [4.78, 5) is 25.9. The largest absolute Gasteiger partial charge is 0.463 e. The fraction of sp³-hybridized carbons (Fsp3) is 0.167. The molecule has 0 saturated heterocycles. The fourth-order valence-electron chi connectivity index (χ4n) is 1.65. The number of nitrogens with one attached hydrogen (secondary N) is 1. The number of carbonyl (C=O) groups is 2. The van der Waals surface area contributed by atoms with Gasteiger partial charge in [0.25, 0.3) is 5.78 Å². The van der Waals surface area contributed by atoms with E-state index >= 15 is 0 Å². The van der Waals surface area contributed by atoms with Crippen molar-refractivity contribution in [3.63, 3.8) is 0 Å². The highest BCUT2D eigenvalue weighted by atomic mass is 79.9. The molecule has 17 heavy (non-hydrogen) atoms. The van der Waals surface area contributed by atoms with Crippen molar-refractivity contribution in [1.82, 2.24) is 4.98 Å². The molecule has 0 saturated carbocycles. The maximum atomic E-state index is 11.7. The van der Waals surface area contributed by atoms with Crippen molar-refractivity contribution < 1.29 is 14.3 Å². The molecule has 1 aromatic heterocycles. The number of fused-ring (bicyclic) bond motifs is 1. The number of hydrogen-bond donors (Lipinski definition) is 1. The average molecular weight is 296 g/mol. The highest BCUT2D eigenvalue weighted by Crippen LogP contribution is 2.21. The molecule has 0 radical (unpaired) electrons. The number of ether oxygens (including phenoxy) is 1. The Morgan fingerprint density at radius 2 is 2.18 bits per heavy atom. The monoisotopic (exact) mass is 295 g/mol. The van der Waals surface area contributed by atoms with Gasteiger partial charge in [-0.25, -0.2) is 4.79 Å². The van der Waals surface area contributed by atoms with Crippen LogP contribution in [0.2, 0.25) is 0 Å². The van der Waals surface area contributed by atoms with Gasteiger partial charge in [0, 0.05) is 22.4 Å². The summed E-state index contributed by atoms with van der Waals surface area (Å²) in [5.41, 5.74) is 2.26. The summed E-state index contributed by atoms with van der Waals surface area (Å²) < 4.78 is 4.42. The van der Waals surface area contributed by atoms with E-state index in [9.17, 15) is 9.59 Å².